The molecule has 1 atom stereocenters. The molecule has 0 aromatic heterocycles. The van der Waals surface area contributed by atoms with Crippen LogP contribution in [-0.4, -0.2) is 40.0 Å². The average molecular weight is 293 g/mol. The van der Waals surface area contributed by atoms with E-state index in [9.17, 15) is 0 Å². The second-order valence-electron chi connectivity index (χ2n) is 6.00. The highest BCUT2D eigenvalue weighted by atomic mass is 16.5. The van der Waals surface area contributed by atoms with Gasteiger partial charge in [0.15, 0.2) is 0 Å². The van der Waals surface area contributed by atoms with Crippen molar-refractivity contribution in [1.29, 1.82) is 0 Å². The van der Waals surface area contributed by atoms with Crippen LogP contribution in [0.3, 0.4) is 0 Å². The quantitative estimate of drug-likeness (QED) is 0.601. The molecule has 0 saturated heterocycles. The molecule has 1 rings (SSSR count). The van der Waals surface area contributed by atoms with Gasteiger partial charge in [-0.1, -0.05) is 44.2 Å². The van der Waals surface area contributed by atoms with Gasteiger partial charge in [0.25, 0.3) is 0 Å². The molecule has 3 nitrogen and oxygen atoms in total. The van der Waals surface area contributed by atoms with Crippen LogP contribution in [0.1, 0.15) is 25.8 Å². The van der Waals surface area contributed by atoms with Crippen molar-refractivity contribution < 1.29 is 9.47 Å². The summed E-state index contributed by atoms with van der Waals surface area (Å²) in [6.45, 7) is 8.80. The van der Waals surface area contributed by atoms with Gasteiger partial charge in [-0.2, -0.15) is 0 Å². The van der Waals surface area contributed by atoms with Crippen LogP contribution in [0.2, 0.25) is 0 Å². The van der Waals surface area contributed by atoms with E-state index in [0.717, 1.165) is 32.5 Å². The first-order valence-corrected chi connectivity index (χ1v) is 8.03. The van der Waals surface area contributed by atoms with E-state index >= 15 is 0 Å². The molecule has 0 aliphatic heterocycles. The zero-order valence-electron chi connectivity index (χ0n) is 13.8. The normalized spacial score (nSPS) is 12.8. The number of rotatable bonds is 12. The van der Waals surface area contributed by atoms with E-state index in [0.29, 0.717) is 25.0 Å². The molecule has 0 fully saturated rings. The smallest absolute Gasteiger partial charge is 0.0700 e. The van der Waals surface area contributed by atoms with Crippen molar-refractivity contribution in [3.05, 3.63) is 35.9 Å². The van der Waals surface area contributed by atoms with Crippen LogP contribution in [0.15, 0.2) is 30.3 Å². The molecule has 0 heterocycles. The molecular weight excluding hydrogens is 262 g/mol. The summed E-state index contributed by atoms with van der Waals surface area (Å²) in [6.07, 6.45) is 2.20. The van der Waals surface area contributed by atoms with Gasteiger partial charge in [-0.15, -0.1) is 0 Å². The van der Waals surface area contributed by atoms with Gasteiger partial charge in [0.05, 0.1) is 13.2 Å². The van der Waals surface area contributed by atoms with Crippen LogP contribution >= 0.6 is 0 Å². The first-order valence-electron chi connectivity index (χ1n) is 8.03. The largest absolute Gasteiger partial charge is 0.382 e. The van der Waals surface area contributed by atoms with E-state index in [1.54, 1.807) is 7.11 Å². The summed E-state index contributed by atoms with van der Waals surface area (Å²) in [5, 5.41) is 3.58. The highest BCUT2D eigenvalue weighted by molar-refractivity contribution is 5.15. The van der Waals surface area contributed by atoms with Crippen LogP contribution in [0.5, 0.6) is 0 Å². The van der Waals surface area contributed by atoms with Crippen molar-refractivity contribution in [3.63, 3.8) is 0 Å². The number of ether oxygens (including phenoxy) is 2. The third-order valence-corrected chi connectivity index (χ3v) is 3.46. The minimum absolute atomic E-state index is 0.619. The summed E-state index contributed by atoms with van der Waals surface area (Å²) in [5.41, 5.74) is 1.41. The second-order valence-corrected chi connectivity index (χ2v) is 6.00. The fourth-order valence-electron chi connectivity index (χ4n) is 2.29. The first-order chi connectivity index (χ1) is 10.2. The number of hydrogen-bond donors (Lipinski definition) is 1. The van der Waals surface area contributed by atoms with Gasteiger partial charge in [-0.25, -0.2) is 0 Å². The summed E-state index contributed by atoms with van der Waals surface area (Å²) >= 11 is 0. The van der Waals surface area contributed by atoms with E-state index in [1.165, 1.54) is 5.56 Å². The standard InChI is InChI=1S/C18H31NO2/c1-16(2)14-19-15-18(9-10-21-12-11-20-3)13-17-7-5-4-6-8-17/h4-8,16,18-19H,9-15H2,1-3H3. The van der Waals surface area contributed by atoms with Gasteiger partial charge < -0.3 is 14.8 Å². The van der Waals surface area contributed by atoms with Gasteiger partial charge in [0, 0.05) is 13.7 Å². The van der Waals surface area contributed by atoms with Crippen LogP contribution in [0.25, 0.3) is 0 Å². The summed E-state index contributed by atoms with van der Waals surface area (Å²) in [7, 11) is 1.71. The predicted molar refractivity (Wildman–Crippen MR) is 88.7 cm³/mol. The molecule has 120 valence electrons. The van der Waals surface area contributed by atoms with Crippen molar-refractivity contribution in [2.75, 3.05) is 40.0 Å². The highest BCUT2D eigenvalue weighted by Crippen LogP contribution is 2.12. The fourth-order valence-corrected chi connectivity index (χ4v) is 2.29. The zero-order chi connectivity index (χ0) is 15.3. The molecule has 0 aliphatic rings. The Kier molecular flexibility index (Phi) is 10.1. The van der Waals surface area contributed by atoms with Gasteiger partial charge >= 0.3 is 0 Å². The van der Waals surface area contributed by atoms with Crippen molar-refractivity contribution in [1.82, 2.24) is 5.32 Å². The molecule has 21 heavy (non-hydrogen) atoms. The topological polar surface area (TPSA) is 30.5 Å². The lowest BCUT2D eigenvalue weighted by Gasteiger charge is -2.19. The second kappa shape index (κ2) is 11.7. The third kappa shape index (κ3) is 9.62. The lowest BCUT2D eigenvalue weighted by Crippen LogP contribution is -2.28. The Balaban J connectivity index is 2.34. The van der Waals surface area contributed by atoms with E-state index in [4.69, 9.17) is 9.47 Å². The van der Waals surface area contributed by atoms with Crippen molar-refractivity contribution >= 4 is 0 Å². The molecule has 0 amide bonds. The summed E-state index contributed by atoms with van der Waals surface area (Å²) in [6, 6.07) is 10.7. The van der Waals surface area contributed by atoms with Crippen molar-refractivity contribution in [2.24, 2.45) is 11.8 Å². The van der Waals surface area contributed by atoms with Crippen LogP contribution in [0.4, 0.5) is 0 Å². The summed E-state index contributed by atoms with van der Waals surface area (Å²) in [4.78, 5) is 0. The van der Waals surface area contributed by atoms with Gasteiger partial charge in [-0.05, 0) is 43.3 Å². The molecule has 0 saturated carbocycles. The van der Waals surface area contributed by atoms with Gasteiger partial charge in [-0.3, -0.25) is 0 Å². The molecule has 0 radical (unpaired) electrons. The van der Waals surface area contributed by atoms with E-state index in [-0.39, 0.29) is 0 Å². The average Bonchev–Trinajstić information content (AvgIpc) is 2.47. The molecule has 1 aromatic rings. The minimum Gasteiger partial charge on any atom is -0.382 e. The monoisotopic (exact) mass is 293 g/mol. The van der Waals surface area contributed by atoms with Gasteiger partial charge in [0.2, 0.25) is 0 Å². The van der Waals surface area contributed by atoms with E-state index in [2.05, 4.69) is 49.5 Å². The first kappa shape index (κ1) is 18.1. The maximum atomic E-state index is 5.62. The number of benzene rings is 1. The number of hydrogen-bond acceptors (Lipinski definition) is 3. The molecule has 0 spiro atoms. The van der Waals surface area contributed by atoms with Crippen molar-refractivity contribution in [3.8, 4) is 0 Å². The molecular formula is C18H31NO2. The van der Waals surface area contributed by atoms with E-state index < -0.39 is 0 Å². The molecule has 0 bridgehead atoms. The Morgan fingerprint density at radius 1 is 1.00 bits per heavy atom. The Bertz CT molecular complexity index is 340. The van der Waals surface area contributed by atoms with Crippen molar-refractivity contribution in [2.45, 2.75) is 26.7 Å². The molecule has 0 aliphatic carbocycles. The molecule has 1 N–H and O–H groups in total. The number of methoxy groups -OCH3 is 1. The molecule has 1 aromatic carbocycles. The van der Waals surface area contributed by atoms with Gasteiger partial charge in [0.1, 0.15) is 0 Å². The predicted octanol–water partition coefficient (Wildman–Crippen LogP) is 3.14. The minimum atomic E-state index is 0.619. The maximum absolute atomic E-state index is 5.62. The lowest BCUT2D eigenvalue weighted by atomic mass is 9.96. The Hall–Kier alpha value is -0.900. The third-order valence-electron chi connectivity index (χ3n) is 3.46. The lowest BCUT2D eigenvalue weighted by molar-refractivity contribution is 0.0636. The van der Waals surface area contributed by atoms with Crippen LogP contribution in [0, 0.1) is 11.8 Å². The zero-order valence-corrected chi connectivity index (χ0v) is 13.8. The fraction of sp³-hybridized carbons (Fsp3) is 0.667. The molecule has 3 heteroatoms. The SMILES string of the molecule is COCCOCCC(CNCC(C)C)Cc1ccccc1. The van der Waals surface area contributed by atoms with Crippen LogP contribution in [-0.2, 0) is 15.9 Å². The molecule has 1 unspecified atom stereocenters. The van der Waals surface area contributed by atoms with Crippen LogP contribution < -0.4 is 5.32 Å². The summed E-state index contributed by atoms with van der Waals surface area (Å²) < 4.78 is 10.6. The maximum Gasteiger partial charge on any atom is 0.0700 e. The Morgan fingerprint density at radius 2 is 1.76 bits per heavy atom. The van der Waals surface area contributed by atoms with E-state index in [1.807, 2.05) is 0 Å². The summed E-state index contributed by atoms with van der Waals surface area (Å²) in [5.74, 6) is 1.31. The Labute approximate surface area is 130 Å². The number of nitrogens with one attached hydrogen (secondary N) is 1. The Morgan fingerprint density at radius 3 is 2.43 bits per heavy atom. The highest BCUT2D eigenvalue weighted by Gasteiger charge is 2.10.